The minimum atomic E-state index is -2.05. The highest BCUT2D eigenvalue weighted by atomic mass is 16.7. The number of ketones is 1. The molecule has 3 aliphatic heterocycles. The molecule has 0 saturated carbocycles. The van der Waals surface area contributed by atoms with E-state index < -0.39 is 99.5 Å². The third-order valence-corrected chi connectivity index (χ3v) is 9.89. The lowest BCUT2D eigenvalue weighted by atomic mass is 9.78. The number of benzene rings is 2. The standard InChI is InChI=1S/C36H45NO12/c1-15-10-9-11-16(2)35(46)37-26-21(14-38)31(43)23-24(32(26)44)30(42)20(6)33-25(23)34(45)36(7,49-33)48-13-12-22(47-8)17(3)28(40)19(5)29(41)18(4)27(15)39/h9-15,17-19,22,27-29,39-44H,1-8H3,(H,37,46)/b10-9+,13-12+,16-11-/t15-,17-,18+,19+,22-,27-,28+,29+,36-/m0/s1. The van der Waals surface area contributed by atoms with E-state index >= 15 is 0 Å². The van der Waals surface area contributed by atoms with Gasteiger partial charge in [-0.15, -0.1) is 0 Å². The lowest BCUT2D eigenvalue weighted by Crippen LogP contribution is -2.44. The summed E-state index contributed by atoms with van der Waals surface area (Å²) < 4.78 is 17.3. The Labute approximate surface area is 284 Å². The van der Waals surface area contributed by atoms with Crippen molar-refractivity contribution < 1.29 is 59.2 Å². The molecule has 9 atom stereocenters. The summed E-state index contributed by atoms with van der Waals surface area (Å²) >= 11 is 0. The zero-order valence-electron chi connectivity index (χ0n) is 28.7. The fraction of sp³-hybridized carbons (Fsp3) is 0.472. The van der Waals surface area contributed by atoms with Crippen LogP contribution in [0.25, 0.3) is 10.8 Å². The second-order valence-electron chi connectivity index (χ2n) is 13.2. The first-order valence-electron chi connectivity index (χ1n) is 16.0. The molecule has 5 bridgehead atoms. The van der Waals surface area contributed by atoms with E-state index in [0.717, 1.165) is 6.26 Å². The van der Waals surface area contributed by atoms with Crippen molar-refractivity contribution in [3.63, 3.8) is 0 Å². The Hall–Kier alpha value is -4.43. The number of phenols is 3. The number of hydrogen-bond donors (Lipinski definition) is 7. The minimum Gasteiger partial charge on any atom is -0.507 e. The van der Waals surface area contributed by atoms with Crippen LogP contribution in [-0.4, -0.2) is 85.9 Å². The maximum absolute atomic E-state index is 13.9. The largest absolute Gasteiger partial charge is 0.507 e. The normalized spacial score (nSPS) is 33.7. The molecule has 0 aliphatic carbocycles. The number of amides is 1. The average molecular weight is 684 g/mol. The molecular weight excluding hydrogens is 638 g/mol. The quantitative estimate of drug-likeness (QED) is 0.136. The van der Waals surface area contributed by atoms with Crippen molar-refractivity contribution in [2.45, 2.75) is 78.7 Å². The first kappa shape index (κ1) is 37.4. The van der Waals surface area contributed by atoms with E-state index in [2.05, 4.69) is 5.32 Å². The van der Waals surface area contributed by atoms with E-state index in [0.29, 0.717) is 0 Å². The van der Waals surface area contributed by atoms with Gasteiger partial charge in [-0.3, -0.25) is 14.4 Å². The third-order valence-electron chi connectivity index (χ3n) is 9.89. The zero-order valence-corrected chi connectivity index (χ0v) is 28.7. The van der Waals surface area contributed by atoms with Gasteiger partial charge in [0, 0.05) is 54.2 Å². The molecule has 266 valence electrons. The highest BCUT2D eigenvalue weighted by molar-refractivity contribution is 6.23. The Balaban J connectivity index is 1.91. The molecular formula is C36H45NO12. The number of aliphatic hydroxyl groups excluding tert-OH is 3. The number of fused-ring (bicyclic) bond motifs is 14. The van der Waals surface area contributed by atoms with Crippen LogP contribution < -0.4 is 10.1 Å². The third kappa shape index (κ3) is 6.51. The van der Waals surface area contributed by atoms with Gasteiger partial charge >= 0.3 is 5.79 Å². The molecule has 13 nitrogen and oxygen atoms in total. The molecule has 5 rings (SSSR count). The predicted octanol–water partition coefficient (Wildman–Crippen LogP) is 4.00. The van der Waals surface area contributed by atoms with Crippen LogP contribution in [0.3, 0.4) is 0 Å². The molecule has 0 radical (unpaired) electrons. The fourth-order valence-corrected chi connectivity index (χ4v) is 6.47. The molecule has 3 aliphatic rings. The number of methoxy groups -OCH3 is 1. The van der Waals surface area contributed by atoms with E-state index in [4.69, 9.17) is 14.2 Å². The Morgan fingerprint density at radius 2 is 1.49 bits per heavy atom. The number of aldehydes is 1. The van der Waals surface area contributed by atoms with Crippen LogP contribution in [0.2, 0.25) is 0 Å². The minimum absolute atomic E-state index is 0.00862. The maximum Gasteiger partial charge on any atom is 0.312 e. The molecule has 1 amide bonds. The molecule has 2 aromatic rings. The van der Waals surface area contributed by atoms with Gasteiger partial charge in [-0.2, -0.15) is 0 Å². The van der Waals surface area contributed by atoms with Crippen LogP contribution in [0.15, 0.2) is 36.1 Å². The molecule has 0 saturated heterocycles. The Morgan fingerprint density at radius 3 is 2.10 bits per heavy atom. The highest BCUT2D eigenvalue weighted by Crippen LogP contribution is 2.55. The van der Waals surface area contributed by atoms with Crippen LogP contribution in [0.1, 0.15) is 67.8 Å². The fourth-order valence-electron chi connectivity index (χ4n) is 6.47. The summed E-state index contributed by atoms with van der Waals surface area (Å²) in [5, 5.41) is 68.9. The number of nitrogens with one attached hydrogen (secondary N) is 1. The smallest absolute Gasteiger partial charge is 0.312 e. The number of carbonyl (C=O) groups excluding carboxylic acids is 3. The number of ether oxygens (including phenoxy) is 3. The second kappa shape index (κ2) is 14.2. The first-order chi connectivity index (χ1) is 22.9. The number of anilines is 1. The Bertz CT molecular complexity index is 1750. The number of phenolic OH excluding ortho intramolecular Hbond substituents is 3. The molecule has 49 heavy (non-hydrogen) atoms. The van der Waals surface area contributed by atoms with Crippen LogP contribution >= 0.6 is 0 Å². The van der Waals surface area contributed by atoms with Crippen molar-refractivity contribution in [2.75, 3.05) is 12.4 Å². The van der Waals surface area contributed by atoms with Gasteiger partial charge in [0.25, 0.3) is 11.7 Å². The Morgan fingerprint density at radius 1 is 0.878 bits per heavy atom. The molecule has 0 fully saturated rings. The van der Waals surface area contributed by atoms with Gasteiger partial charge in [-0.25, -0.2) is 0 Å². The van der Waals surface area contributed by atoms with Crippen LogP contribution in [0.5, 0.6) is 23.0 Å². The molecule has 3 heterocycles. The van der Waals surface area contributed by atoms with Crippen LogP contribution in [-0.2, 0) is 14.3 Å². The molecule has 7 N–H and O–H groups in total. The van der Waals surface area contributed by atoms with Gasteiger partial charge < -0.3 is 50.2 Å². The van der Waals surface area contributed by atoms with E-state index in [1.54, 1.807) is 33.8 Å². The SMILES string of the molecule is CO[C@H]1/C=C/O[C@@]2(C)Oc3c(C)c(O)c4c(O)c(c(C=O)c(O)c4c3C2=O)NC(=O)/C(C)=C\C=C\[C@H](C)[C@H](O)[C@@H](C)[C@@H](O)[C@H](C)[C@H](O)[C@H]1C. The van der Waals surface area contributed by atoms with Crippen molar-refractivity contribution in [3.05, 3.63) is 52.8 Å². The number of allylic oxidation sites excluding steroid dienone is 2. The lowest BCUT2D eigenvalue weighted by Gasteiger charge is -2.36. The van der Waals surface area contributed by atoms with Crippen LogP contribution in [0.4, 0.5) is 5.69 Å². The van der Waals surface area contributed by atoms with Gasteiger partial charge in [-0.1, -0.05) is 45.9 Å². The molecule has 0 unspecified atom stereocenters. The zero-order chi connectivity index (χ0) is 36.7. The van der Waals surface area contributed by atoms with Crippen molar-refractivity contribution in [1.29, 1.82) is 0 Å². The van der Waals surface area contributed by atoms with Gasteiger partial charge in [0.2, 0.25) is 0 Å². The molecule has 0 aromatic heterocycles. The number of aromatic hydroxyl groups is 3. The highest BCUT2D eigenvalue weighted by Gasteiger charge is 2.49. The topological polar surface area (TPSA) is 212 Å². The number of Topliss-reactive ketones (excluding diaryl/α,β-unsaturated/α-hetero) is 1. The van der Waals surface area contributed by atoms with Crippen molar-refractivity contribution in [3.8, 4) is 23.0 Å². The molecule has 0 spiro atoms. The monoisotopic (exact) mass is 683 g/mol. The van der Waals surface area contributed by atoms with Gasteiger partial charge in [0.05, 0.1) is 52.9 Å². The van der Waals surface area contributed by atoms with Crippen molar-refractivity contribution in [1.82, 2.24) is 0 Å². The van der Waals surface area contributed by atoms with Gasteiger partial charge in [0.1, 0.15) is 17.2 Å². The summed E-state index contributed by atoms with van der Waals surface area (Å²) in [6.07, 6.45) is 3.34. The van der Waals surface area contributed by atoms with Crippen LogP contribution in [0, 0.1) is 30.6 Å². The second-order valence-corrected chi connectivity index (χ2v) is 13.2. The van der Waals surface area contributed by atoms with E-state index in [9.17, 15) is 45.0 Å². The summed E-state index contributed by atoms with van der Waals surface area (Å²) in [4.78, 5) is 39.4. The first-order valence-corrected chi connectivity index (χ1v) is 16.0. The number of rotatable bonds is 2. The number of hydrogen-bond acceptors (Lipinski definition) is 12. The molecule has 2 aromatic carbocycles. The number of aliphatic hydroxyl groups is 3. The summed E-state index contributed by atoms with van der Waals surface area (Å²) in [6.45, 7) is 10.9. The van der Waals surface area contributed by atoms with E-state index in [-0.39, 0.29) is 34.1 Å². The summed E-state index contributed by atoms with van der Waals surface area (Å²) in [7, 11) is 1.41. The summed E-state index contributed by atoms with van der Waals surface area (Å²) in [5.74, 6) is -8.42. The summed E-state index contributed by atoms with van der Waals surface area (Å²) in [6, 6.07) is 0. The predicted molar refractivity (Wildman–Crippen MR) is 180 cm³/mol. The average Bonchev–Trinajstić information content (AvgIpc) is 3.34. The van der Waals surface area contributed by atoms with Gasteiger partial charge in [0.15, 0.2) is 12.0 Å². The van der Waals surface area contributed by atoms with Crippen molar-refractivity contribution >= 4 is 34.4 Å². The maximum atomic E-state index is 13.9. The Kier molecular flexibility index (Phi) is 10.8. The van der Waals surface area contributed by atoms with E-state index in [1.165, 1.54) is 46.1 Å². The lowest BCUT2D eigenvalue weighted by molar-refractivity contribution is -0.112. The summed E-state index contributed by atoms with van der Waals surface area (Å²) in [5.41, 5.74) is -1.21. The number of carbonyl (C=O) groups is 3. The van der Waals surface area contributed by atoms with Gasteiger partial charge in [-0.05, 0) is 19.9 Å². The van der Waals surface area contributed by atoms with Crippen molar-refractivity contribution in [2.24, 2.45) is 23.7 Å². The molecule has 13 heteroatoms. The van der Waals surface area contributed by atoms with E-state index in [1.807, 2.05) is 0 Å².